The van der Waals surface area contributed by atoms with Crippen molar-refractivity contribution in [3.8, 4) is 0 Å². The van der Waals surface area contributed by atoms with Crippen LogP contribution in [0, 0.1) is 24.7 Å². The van der Waals surface area contributed by atoms with Crippen LogP contribution >= 0.6 is 0 Å². The van der Waals surface area contributed by atoms with Crippen molar-refractivity contribution in [2.24, 2.45) is 17.8 Å². The van der Waals surface area contributed by atoms with Crippen LogP contribution in [0.5, 0.6) is 0 Å². The van der Waals surface area contributed by atoms with Crippen molar-refractivity contribution in [3.63, 3.8) is 0 Å². The third-order valence-electron chi connectivity index (χ3n) is 3.61. The second-order valence-electron chi connectivity index (χ2n) is 5.98. The van der Waals surface area contributed by atoms with Crippen molar-refractivity contribution < 1.29 is 9.21 Å². The van der Waals surface area contributed by atoms with E-state index in [1.807, 2.05) is 6.92 Å². The molecule has 1 saturated carbocycles. The summed E-state index contributed by atoms with van der Waals surface area (Å²) in [5, 5.41) is 11.0. The summed E-state index contributed by atoms with van der Waals surface area (Å²) in [5.74, 6) is 2.25. The number of aryl methyl sites for hydroxylation is 1. The van der Waals surface area contributed by atoms with Crippen molar-refractivity contribution in [1.29, 1.82) is 0 Å². The number of aromatic nitrogens is 2. The quantitative estimate of drug-likeness (QED) is 0.858. The van der Waals surface area contributed by atoms with Gasteiger partial charge in [-0.05, 0) is 31.1 Å². The Morgan fingerprint density at radius 2 is 2.05 bits per heavy atom. The van der Waals surface area contributed by atoms with Gasteiger partial charge in [0.25, 0.3) is 0 Å². The molecule has 0 aromatic carbocycles. The molecule has 5 nitrogen and oxygen atoms in total. The number of amides is 1. The first-order valence-electron chi connectivity index (χ1n) is 7.07. The van der Waals surface area contributed by atoms with Gasteiger partial charge >= 0.3 is 0 Å². The predicted molar refractivity (Wildman–Crippen MR) is 71.3 cm³/mol. The minimum absolute atomic E-state index is 0.0821. The number of rotatable bonds is 6. The molecule has 0 radical (unpaired) electrons. The number of carbonyl (C=O) groups is 1. The summed E-state index contributed by atoms with van der Waals surface area (Å²) in [4.78, 5) is 12.2. The van der Waals surface area contributed by atoms with Gasteiger partial charge in [0.1, 0.15) is 6.04 Å². The molecule has 2 atom stereocenters. The Kier molecular flexibility index (Phi) is 4.22. The molecule has 1 amide bonds. The molecule has 1 N–H and O–H groups in total. The lowest BCUT2D eigenvalue weighted by molar-refractivity contribution is -0.126. The van der Waals surface area contributed by atoms with Crippen molar-refractivity contribution >= 4 is 5.91 Å². The molecule has 1 aliphatic rings. The van der Waals surface area contributed by atoms with Gasteiger partial charge in [-0.2, -0.15) is 0 Å². The van der Waals surface area contributed by atoms with E-state index in [2.05, 4.69) is 29.4 Å². The Balaban J connectivity index is 2.02. The van der Waals surface area contributed by atoms with Gasteiger partial charge < -0.3 is 9.73 Å². The maximum Gasteiger partial charge on any atom is 0.238 e. The van der Waals surface area contributed by atoms with E-state index in [1.54, 1.807) is 6.92 Å². The third kappa shape index (κ3) is 3.78. The summed E-state index contributed by atoms with van der Waals surface area (Å²) in [7, 11) is 0. The van der Waals surface area contributed by atoms with Gasteiger partial charge in [0.2, 0.25) is 17.7 Å². The number of carbonyl (C=O) groups excluding carboxylic acids is 1. The van der Waals surface area contributed by atoms with Gasteiger partial charge in [-0.1, -0.05) is 20.8 Å². The van der Waals surface area contributed by atoms with Crippen molar-refractivity contribution in [2.45, 2.75) is 53.0 Å². The second kappa shape index (κ2) is 5.72. The highest BCUT2D eigenvalue weighted by Crippen LogP contribution is 2.37. The van der Waals surface area contributed by atoms with Crippen LogP contribution in [0.4, 0.5) is 0 Å². The Morgan fingerprint density at radius 3 is 2.53 bits per heavy atom. The molecule has 1 aromatic heterocycles. The maximum absolute atomic E-state index is 12.2. The molecular weight excluding hydrogens is 242 g/mol. The van der Waals surface area contributed by atoms with Crippen LogP contribution in [0.2, 0.25) is 0 Å². The fourth-order valence-corrected chi connectivity index (χ4v) is 2.26. The zero-order chi connectivity index (χ0) is 14.0. The van der Waals surface area contributed by atoms with Crippen LogP contribution in [0.25, 0.3) is 0 Å². The van der Waals surface area contributed by atoms with Gasteiger partial charge in [-0.3, -0.25) is 4.79 Å². The van der Waals surface area contributed by atoms with E-state index in [4.69, 9.17) is 4.42 Å². The molecule has 19 heavy (non-hydrogen) atoms. The summed E-state index contributed by atoms with van der Waals surface area (Å²) < 4.78 is 5.47. The first-order chi connectivity index (χ1) is 8.97. The fourth-order valence-electron chi connectivity index (χ4n) is 2.26. The standard InChI is InChI=1S/C14H23N3O2/c1-8(2)7-12(14-17-16-10(4)19-14)15-13(18)9(3)11-5-6-11/h8-9,11-12H,5-7H2,1-4H3,(H,15,18). The highest BCUT2D eigenvalue weighted by molar-refractivity contribution is 5.79. The van der Waals surface area contributed by atoms with Crippen molar-refractivity contribution in [1.82, 2.24) is 15.5 Å². The van der Waals surface area contributed by atoms with Crippen molar-refractivity contribution in [3.05, 3.63) is 11.8 Å². The predicted octanol–water partition coefficient (Wildman–Crippen LogP) is 2.63. The van der Waals surface area contributed by atoms with E-state index in [9.17, 15) is 4.79 Å². The summed E-state index contributed by atoms with van der Waals surface area (Å²) in [5.41, 5.74) is 0. The van der Waals surface area contributed by atoms with Crippen LogP contribution in [-0.4, -0.2) is 16.1 Å². The van der Waals surface area contributed by atoms with Gasteiger partial charge in [0.15, 0.2) is 0 Å². The highest BCUT2D eigenvalue weighted by Gasteiger charge is 2.34. The van der Waals surface area contributed by atoms with E-state index in [0.717, 1.165) is 6.42 Å². The average molecular weight is 265 g/mol. The summed E-state index contributed by atoms with van der Waals surface area (Å²) >= 11 is 0. The van der Waals surface area contributed by atoms with Crippen LogP contribution in [0.15, 0.2) is 4.42 Å². The Morgan fingerprint density at radius 1 is 1.37 bits per heavy atom. The number of nitrogens with zero attached hydrogens (tertiary/aromatic N) is 2. The largest absolute Gasteiger partial charge is 0.423 e. The zero-order valence-corrected chi connectivity index (χ0v) is 12.1. The number of nitrogens with one attached hydrogen (secondary N) is 1. The highest BCUT2D eigenvalue weighted by atomic mass is 16.4. The van der Waals surface area contributed by atoms with Gasteiger partial charge in [0, 0.05) is 12.8 Å². The molecule has 2 rings (SSSR count). The van der Waals surface area contributed by atoms with Crippen LogP contribution in [-0.2, 0) is 4.79 Å². The van der Waals surface area contributed by atoms with Gasteiger partial charge in [-0.25, -0.2) is 0 Å². The molecule has 1 aromatic rings. The van der Waals surface area contributed by atoms with Crippen LogP contribution in [0.3, 0.4) is 0 Å². The van der Waals surface area contributed by atoms with Gasteiger partial charge in [0.05, 0.1) is 0 Å². The fraction of sp³-hybridized carbons (Fsp3) is 0.786. The lowest BCUT2D eigenvalue weighted by Crippen LogP contribution is -2.34. The molecule has 0 saturated heterocycles. The average Bonchev–Trinajstić information content (AvgIpc) is 3.09. The van der Waals surface area contributed by atoms with E-state index in [0.29, 0.717) is 23.6 Å². The lowest BCUT2D eigenvalue weighted by atomic mass is 10.0. The second-order valence-corrected chi connectivity index (χ2v) is 5.98. The van der Waals surface area contributed by atoms with Crippen molar-refractivity contribution in [2.75, 3.05) is 0 Å². The molecule has 0 aliphatic heterocycles. The SMILES string of the molecule is Cc1nnc(C(CC(C)C)NC(=O)C(C)C2CC2)o1. The molecule has 1 heterocycles. The number of hydrogen-bond donors (Lipinski definition) is 1. The lowest BCUT2D eigenvalue weighted by Gasteiger charge is -2.19. The topological polar surface area (TPSA) is 68.0 Å². The molecule has 0 spiro atoms. The monoisotopic (exact) mass is 265 g/mol. The van der Waals surface area contributed by atoms with E-state index in [1.165, 1.54) is 12.8 Å². The zero-order valence-electron chi connectivity index (χ0n) is 12.1. The van der Waals surface area contributed by atoms with Crippen LogP contribution in [0.1, 0.15) is 57.9 Å². The van der Waals surface area contributed by atoms with Crippen LogP contribution < -0.4 is 5.32 Å². The molecule has 1 fully saturated rings. The molecule has 5 heteroatoms. The Labute approximate surface area is 114 Å². The molecule has 2 unspecified atom stereocenters. The minimum Gasteiger partial charge on any atom is -0.423 e. The minimum atomic E-state index is -0.171. The first kappa shape index (κ1) is 14.0. The Hall–Kier alpha value is -1.39. The first-order valence-corrected chi connectivity index (χ1v) is 7.07. The van der Waals surface area contributed by atoms with E-state index in [-0.39, 0.29) is 17.9 Å². The number of hydrogen-bond acceptors (Lipinski definition) is 4. The normalized spacial score (nSPS) is 18.4. The van der Waals surface area contributed by atoms with E-state index < -0.39 is 0 Å². The summed E-state index contributed by atoms with van der Waals surface area (Å²) in [6.45, 7) is 8.00. The molecule has 0 bridgehead atoms. The summed E-state index contributed by atoms with van der Waals surface area (Å²) in [6, 6.07) is -0.171. The van der Waals surface area contributed by atoms with E-state index >= 15 is 0 Å². The molecular formula is C14H23N3O2. The third-order valence-corrected chi connectivity index (χ3v) is 3.61. The smallest absolute Gasteiger partial charge is 0.238 e. The van der Waals surface area contributed by atoms with Gasteiger partial charge in [-0.15, -0.1) is 10.2 Å². The molecule has 106 valence electrons. The Bertz CT molecular complexity index is 438. The summed E-state index contributed by atoms with van der Waals surface area (Å²) in [6.07, 6.45) is 3.15. The maximum atomic E-state index is 12.2. The molecule has 1 aliphatic carbocycles.